The molecule has 1 aromatic heterocycles. The molecular formula is C13H10FN3O2S. The number of nitrogens with zero attached hydrogens (tertiary/aromatic N) is 2. The van der Waals surface area contributed by atoms with Gasteiger partial charge in [-0.2, -0.15) is 9.65 Å². The first kappa shape index (κ1) is 14.0. The molecule has 1 N–H and O–H groups in total. The smallest absolute Gasteiger partial charge is 0.263 e. The molecule has 20 heavy (non-hydrogen) atoms. The van der Waals surface area contributed by atoms with Gasteiger partial charge in [-0.25, -0.2) is 13.4 Å². The number of pyridine rings is 1. The van der Waals surface area contributed by atoms with Crippen molar-refractivity contribution in [3.8, 4) is 6.07 Å². The molecule has 0 unspecified atom stereocenters. The van der Waals surface area contributed by atoms with Crippen LogP contribution in [0.1, 0.15) is 11.1 Å². The Hall–Kier alpha value is -2.46. The van der Waals surface area contributed by atoms with Crippen molar-refractivity contribution in [2.75, 3.05) is 4.72 Å². The van der Waals surface area contributed by atoms with E-state index in [-0.39, 0.29) is 10.7 Å². The molecule has 7 heteroatoms. The molecule has 0 saturated heterocycles. The maximum atomic E-state index is 12.9. The average molecular weight is 291 g/mol. The van der Waals surface area contributed by atoms with E-state index in [2.05, 4.69) is 9.71 Å². The molecule has 2 aromatic rings. The molecule has 0 atom stereocenters. The Bertz CT molecular complexity index is 798. The highest BCUT2D eigenvalue weighted by molar-refractivity contribution is 7.92. The van der Waals surface area contributed by atoms with Crippen molar-refractivity contribution in [2.24, 2.45) is 0 Å². The molecule has 102 valence electrons. The second-order valence-corrected chi connectivity index (χ2v) is 5.69. The highest BCUT2D eigenvalue weighted by atomic mass is 32.2. The SMILES string of the molecule is Cc1cc(C#N)ccc1S(=O)(=O)Nc1cccc(F)n1. The summed E-state index contributed by atoms with van der Waals surface area (Å²) in [6, 6.07) is 9.94. The van der Waals surface area contributed by atoms with Gasteiger partial charge in [-0.15, -0.1) is 0 Å². The zero-order valence-electron chi connectivity index (χ0n) is 10.5. The zero-order valence-corrected chi connectivity index (χ0v) is 11.3. The fourth-order valence-electron chi connectivity index (χ4n) is 1.68. The standard InChI is InChI=1S/C13H10FN3O2S/c1-9-7-10(8-15)5-6-11(9)20(18,19)17-13-4-2-3-12(14)16-13/h2-7H,1H3,(H,16,17). The van der Waals surface area contributed by atoms with Gasteiger partial charge >= 0.3 is 0 Å². The van der Waals surface area contributed by atoms with E-state index in [4.69, 9.17) is 5.26 Å². The molecule has 0 aliphatic rings. The van der Waals surface area contributed by atoms with Gasteiger partial charge < -0.3 is 0 Å². The van der Waals surface area contributed by atoms with Crippen LogP contribution in [0.5, 0.6) is 0 Å². The molecule has 0 fully saturated rings. The number of sulfonamides is 1. The third-order valence-corrected chi connectivity index (χ3v) is 4.06. The molecule has 0 radical (unpaired) electrons. The third kappa shape index (κ3) is 2.92. The number of hydrogen-bond donors (Lipinski definition) is 1. The van der Waals surface area contributed by atoms with Crippen molar-refractivity contribution in [3.05, 3.63) is 53.5 Å². The summed E-state index contributed by atoms with van der Waals surface area (Å²) in [6.07, 6.45) is 0. The van der Waals surface area contributed by atoms with Crippen LogP contribution in [0.3, 0.4) is 0 Å². The molecule has 0 aliphatic carbocycles. The highest BCUT2D eigenvalue weighted by Gasteiger charge is 2.17. The first-order valence-electron chi connectivity index (χ1n) is 5.58. The van der Waals surface area contributed by atoms with E-state index in [1.165, 1.54) is 30.3 Å². The number of aryl methyl sites for hydroxylation is 1. The van der Waals surface area contributed by atoms with Crippen LogP contribution >= 0.6 is 0 Å². The van der Waals surface area contributed by atoms with Crippen LogP contribution in [0, 0.1) is 24.2 Å². The van der Waals surface area contributed by atoms with Crippen LogP contribution in [-0.2, 0) is 10.0 Å². The van der Waals surface area contributed by atoms with Crippen molar-refractivity contribution in [1.82, 2.24) is 4.98 Å². The lowest BCUT2D eigenvalue weighted by atomic mass is 10.2. The van der Waals surface area contributed by atoms with Gasteiger partial charge in [-0.1, -0.05) is 6.07 Å². The molecule has 1 aromatic carbocycles. The van der Waals surface area contributed by atoms with Gasteiger partial charge in [0.25, 0.3) is 10.0 Å². The second kappa shape index (κ2) is 5.27. The number of rotatable bonds is 3. The van der Waals surface area contributed by atoms with E-state index in [0.29, 0.717) is 11.1 Å². The zero-order chi connectivity index (χ0) is 14.8. The Morgan fingerprint density at radius 1 is 1.30 bits per heavy atom. The minimum atomic E-state index is -3.87. The summed E-state index contributed by atoms with van der Waals surface area (Å²) < 4.78 is 39.5. The number of halogens is 1. The van der Waals surface area contributed by atoms with E-state index in [0.717, 1.165) is 6.07 Å². The van der Waals surface area contributed by atoms with Gasteiger partial charge in [0.05, 0.1) is 16.5 Å². The van der Waals surface area contributed by atoms with Crippen LogP contribution < -0.4 is 4.72 Å². The summed E-state index contributed by atoms with van der Waals surface area (Å²) in [4.78, 5) is 3.45. The average Bonchev–Trinajstić information content (AvgIpc) is 2.37. The number of benzene rings is 1. The molecule has 0 spiro atoms. The van der Waals surface area contributed by atoms with Gasteiger partial charge in [0.2, 0.25) is 5.95 Å². The number of aromatic nitrogens is 1. The molecule has 0 amide bonds. The van der Waals surface area contributed by atoms with E-state index in [1.54, 1.807) is 6.92 Å². The van der Waals surface area contributed by atoms with Gasteiger partial charge in [0.1, 0.15) is 5.82 Å². The summed E-state index contributed by atoms with van der Waals surface area (Å²) in [5, 5.41) is 8.75. The largest absolute Gasteiger partial charge is 0.263 e. The summed E-state index contributed by atoms with van der Waals surface area (Å²) in [5.74, 6) is -0.879. The lowest BCUT2D eigenvalue weighted by Crippen LogP contribution is -2.15. The van der Waals surface area contributed by atoms with Crippen LogP contribution in [-0.4, -0.2) is 13.4 Å². The van der Waals surface area contributed by atoms with Gasteiger partial charge in [-0.05, 0) is 42.8 Å². The van der Waals surface area contributed by atoms with Gasteiger partial charge in [0.15, 0.2) is 0 Å². The summed E-state index contributed by atoms with van der Waals surface area (Å²) in [7, 11) is -3.87. The van der Waals surface area contributed by atoms with Gasteiger partial charge in [0, 0.05) is 0 Å². The fraction of sp³-hybridized carbons (Fsp3) is 0.0769. The highest BCUT2D eigenvalue weighted by Crippen LogP contribution is 2.19. The van der Waals surface area contributed by atoms with Crippen LogP contribution in [0.4, 0.5) is 10.2 Å². The van der Waals surface area contributed by atoms with Crippen molar-refractivity contribution in [2.45, 2.75) is 11.8 Å². The maximum absolute atomic E-state index is 12.9. The third-order valence-electron chi connectivity index (χ3n) is 2.55. The second-order valence-electron chi connectivity index (χ2n) is 4.04. The van der Waals surface area contributed by atoms with Crippen molar-refractivity contribution < 1.29 is 12.8 Å². The Kier molecular flexibility index (Phi) is 3.68. The predicted octanol–water partition coefficient (Wildman–Crippen LogP) is 2.20. The summed E-state index contributed by atoms with van der Waals surface area (Å²) >= 11 is 0. The Balaban J connectivity index is 2.39. The van der Waals surface area contributed by atoms with E-state index < -0.39 is 16.0 Å². The first-order chi connectivity index (χ1) is 9.42. The molecule has 2 rings (SSSR count). The number of anilines is 1. The number of nitrogens with one attached hydrogen (secondary N) is 1. The molecular weight excluding hydrogens is 281 g/mol. The van der Waals surface area contributed by atoms with Crippen LogP contribution in [0.15, 0.2) is 41.3 Å². The van der Waals surface area contributed by atoms with E-state index >= 15 is 0 Å². The van der Waals surface area contributed by atoms with Crippen molar-refractivity contribution in [1.29, 1.82) is 5.26 Å². The van der Waals surface area contributed by atoms with Crippen LogP contribution in [0.25, 0.3) is 0 Å². The van der Waals surface area contributed by atoms with E-state index in [9.17, 15) is 12.8 Å². The Labute approximate surface area is 115 Å². The fourth-order valence-corrected chi connectivity index (χ4v) is 2.91. The molecule has 0 aliphatic heterocycles. The minimum absolute atomic E-state index is 0.0163. The summed E-state index contributed by atoms with van der Waals surface area (Å²) in [6.45, 7) is 1.58. The van der Waals surface area contributed by atoms with E-state index in [1.807, 2.05) is 6.07 Å². The minimum Gasteiger partial charge on any atom is -0.263 e. The Morgan fingerprint density at radius 3 is 2.65 bits per heavy atom. The quantitative estimate of drug-likeness (QED) is 0.879. The van der Waals surface area contributed by atoms with Crippen molar-refractivity contribution >= 4 is 15.8 Å². The first-order valence-corrected chi connectivity index (χ1v) is 7.07. The van der Waals surface area contributed by atoms with Crippen molar-refractivity contribution in [3.63, 3.8) is 0 Å². The Morgan fingerprint density at radius 2 is 2.05 bits per heavy atom. The number of nitriles is 1. The normalized spacial score (nSPS) is 10.8. The molecule has 0 bridgehead atoms. The lowest BCUT2D eigenvalue weighted by molar-refractivity contribution is 0.584. The molecule has 1 heterocycles. The molecule has 0 saturated carbocycles. The van der Waals surface area contributed by atoms with Crippen LogP contribution in [0.2, 0.25) is 0 Å². The molecule has 5 nitrogen and oxygen atoms in total. The topological polar surface area (TPSA) is 82.8 Å². The summed E-state index contributed by atoms with van der Waals surface area (Å²) in [5.41, 5.74) is 0.790. The number of hydrogen-bond acceptors (Lipinski definition) is 4. The predicted molar refractivity (Wildman–Crippen MR) is 70.9 cm³/mol. The lowest BCUT2D eigenvalue weighted by Gasteiger charge is -2.09. The van der Waals surface area contributed by atoms with Gasteiger partial charge in [-0.3, -0.25) is 4.72 Å². The maximum Gasteiger partial charge on any atom is 0.263 e. The monoisotopic (exact) mass is 291 g/mol.